The first-order valence-corrected chi connectivity index (χ1v) is 8.99. The summed E-state index contributed by atoms with van der Waals surface area (Å²) in [7, 11) is 3.03. The number of rotatable bonds is 6. The van der Waals surface area contributed by atoms with E-state index in [9.17, 15) is 9.59 Å². The molecule has 2 aromatic carbocycles. The molecule has 0 saturated heterocycles. The lowest BCUT2D eigenvalue weighted by molar-refractivity contribution is -0.116. The zero-order valence-corrected chi connectivity index (χ0v) is 16.3. The monoisotopic (exact) mass is 406 g/mol. The molecule has 1 amide bonds. The minimum atomic E-state index is -0.454. The summed E-state index contributed by atoms with van der Waals surface area (Å²) in [5, 5.41) is 10.7. The zero-order valence-electron chi connectivity index (χ0n) is 16.3. The molecule has 2 aromatic heterocycles. The second-order valence-electron chi connectivity index (χ2n) is 6.30. The zero-order chi connectivity index (χ0) is 21.1. The molecule has 0 aliphatic carbocycles. The lowest BCUT2D eigenvalue weighted by atomic mass is 10.2. The molecule has 0 spiro atoms. The third kappa shape index (κ3) is 3.58. The number of ether oxygens (including phenoxy) is 2. The molecular weight excluding hydrogens is 388 g/mol. The van der Waals surface area contributed by atoms with E-state index in [1.807, 2.05) is 30.3 Å². The van der Waals surface area contributed by atoms with Crippen LogP contribution in [-0.2, 0) is 11.3 Å². The van der Waals surface area contributed by atoms with Crippen molar-refractivity contribution < 1.29 is 14.3 Å². The van der Waals surface area contributed by atoms with Crippen molar-refractivity contribution in [1.29, 1.82) is 0 Å². The van der Waals surface area contributed by atoms with E-state index in [1.165, 1.54) is 29.8 Å². The molecule has 0 fully saturated rings. The van der Waals surface area contributed by atoms with Gasteiger partial charge in [-0.2, -0.15) is 4.68 Å². The second-order valence-corrected chi connectivity index (χ2v) is 6.30. The van der Waals surface area contributed by atoms with Gasteiger partial charge in [-0.25, -0.2) is 4.98 Å². The lowest BCUT2D eigenvalue weighted by Gasteiger charge is -2.11. The molecule has 0 aliphatic heterocycles. The van der Waals surface area contributed by atoms with Gasteiger partial charge in [-0.15, -0.1) is 5.10 Å². The van der Waals surface area contributed by atoms with E-state index >= 15 is 0 Å². The highest BCUT2D eigenvalue weighted by Gasteiger charge is 2.15. The molecule has 0 saturated carbocycles. The summed E-state index contributed by atoms with van der Waals surface area (Å²) in [6, 6.07) is 14.2. The first-order valence-electron chi connectivity index (χ1n) is 8.99. The van der Waals surface area contributed by atoms with Crippen molar-refractivity contribution in [3.8, 4) is 17.2 Å². The van der Waals surface area contributed by atoms with Crippen LogP contribution in [0.1, 0.15) is 0 Å². The average Bonchev–Trinajstić information content (AvgIpc) is 3.21. The van der Waals surface area contributed by atoms with Crippen LogP contribution in [0.15, 0.2) is 59.7 Å². The maximum absolute atomic E-state index is 12.7. The van der Waals surface area contributed by atoms with Gasteiger partial charge in [0.2, 0.25) is 5.91 Å². The van der Waals surface area contributed by atoms with Crippen molar-refractivity contribution in [3.63, 3.8) is 0 Å². The van der Waals surface area contributed by atoms with Gasteiger partial charge >= 0.3 is 0 Å². The standard InChI is InChI=1S/C20H18N6O4/c1-29-15-9-8-13(10-16(15)30-2)22-17(27)11-25-12-21-19-18(20(25)28)23-24-26(19)14-6-4-3-5-7-14/h3-10,12H,11H2,1-2H3,(H,22,27). The Kier molecular flexibility index (Phi) is 5.12. The summed E-state index contributed by atoms with van der Waals surface area (Å²) in [4.78, 5) is 29.4. The summed E-state index contributed by atoms with van der Waals surface area (Å²) in [5.74, 6) is 0.622. The van der Waals surface area contributed by atoms with Crippen LogP contribution in [-0.4, -0.2) is 44.7 Å². The van der Waals surface area contributed by atoms with Crippen LogP contribution in [0.3, 0.4) is 0 Å². The lowest BCUT2D eigenvalue weighted by Crippen LogP contribution is -2.28. The molecule has 10 heteroatoms. The number of amides is 1. The fraction of sp³-hybridized carbons (Fsp3) is 0.150. The predicted octanol–water partition coefficient (Wildman–Crippen LogP) is 1.63. The van der Waals surface area contributed by atoms with Crippen molar-refractivity contribution >= 4 is 22.8 Å². The Morgan fingerprint density at radius 2 is 1.83 bits per heavy atom. The van der Waals surface area contributed by atoms with Gasteiger partial charge in [0.1, 0.15) is 12.9 Å². The van der Waals surface area contributed by atoms with Gasteiger partial charge in [-0.05, 0) is 24.3 Å². The van der Waals surface area contributed by atoms with E-state index in [1.54, 1.807) is 18.2 Å². The second kappa shape index (κ2) is 8.03. The first-order chi connectivity index (χ1) is 14.6. The van der Waals surface area contributed by atoms with E-state index in [2.05, 4.69) is 20.6 Å². The van der Waals surface area contributed by atoms with Gasteiger partial charge in [0.25, 0.3) is 5.56 Å². The number of nitrogens with zero attached hydrogens (tertiary/aromatic N) is 5. The number of hydrogen-bond donors (Lipinski definition) is 1. The van der Waals surface area contributed by atoms with Gasteiger partial charge < -0.3 is 14.8 Å². The van der Waals surface area contributed by atoms with Crippen LogP contribution in [0.2, 0.25) is 0 Å². The van der Waals surface area contributed by atoms with Gasteiger partial charge in [-0.3, -0.25) is 14.2 Å². The quantitative estimate of drug-likeness (QED) is 0.518. The van der Waals surface area contributed by atoms with Crippen LogP contribution in [0.5, 0.6) is 11.5 Å². The maximum atomic E-state index is 12.7. The highest BCUT2D eigenvalue weighted by molar-refractivity contribution is 5.91. The molecule has 152 valence electrons. The molecule has 4 aromatic rings. The fourth-order valence-electron chi connectivity index (χ4n) is 2.97. The molecule has 0 atom stereocenters. The van der Waals surface area contributed by atoms with Crippen molar-refractivity contribution in [1.82, 2.24) is 24.5 Å². The predicted molar refractivity (Wildman–Crippen MR) is 109 cm³/mol. The molecule has 4 rings (SSSR count). The fourth-order valence-corrected chi connectivity index (χ4v) is 2.97. The van der Waals surface area contributed by atoms with E-state index in [-0.39, 0.29) is 12.1 Å². The Morgan fingerprint density at radius 1 is 1.07 bits per heavy atom. The molecule has 10 nitrogen and oxygen atoms in total. The number of methoxy groups -OCH3 is 2. The summed E-state index contributed by atoms with van der Waals surface area (Å²) < 4.78 is 13.1. The van der Waals surface area contributed by atoms with E-state index < -0.39 is 11.5 Å². The smallest absolute Gasteiger partial charge is 0.284 e. The van der Waals surface area contributed by atoms with E-state index in [0.29, 0.717) is 22.8 Å². The Hall–Kier alpha value is -4.21. The van der Waals surface area contributed by atoms with Crippen LogP contribution in [0.4, 0.5) is 5.69 Å². The van der Waals surface area contributed by atoms with Gasteiger partial charge in [0.15, 0.2) is 22.7 Å². The third-order valence-corrected chi connectivity index (χ3v) is 4.41. The van der Waals surface area contributed by atoms with Crippen molar-refractivity contribution in [3.05, 3.63) is 65.2 Å². The average molecular weight is 406 g/mol. The normalized spacial score (nSPS) is 10.7. The van der Waals surface area contributed by atoms with Crippen LogP contribution in [0, 0.1) is 0 Å². The molecule has 0 radical (unpaired) electrons. The number of nitrogens with one attached hydrogen (secondary N) is 1. The molecule has 30 heavy (non-hydrogen) atoms. The third-order valence-electron chi connectivity index (χ3n) is 4.41. The van der Waals surface area contributed by atoms with Crippen LogP contribution >= 0.6 is 0 Å². The number of carbonyl (C=O) groups excluding carboxylic acids is 1. The SMILES string of the molecule is COc1ccc(NC(=O)Cn2cnc3c(nnn3-c3ccccc3)c2=O)cc1OC. The van der Waals surface area contributed by atoms with Crippen LogP contribution in [0.25, 0.3) is 16.9 Å². The molecule has 2 heterocycles. The Morgan fingerprint density at radius 3 is 2.57 bits per heavy atom. The molecule has 1 N–H and O–H groups in total. The number of carbonyl (C=O) groups is 1. The van der Waals surface area contributed by atoms with Crippen molar-refractivity contribution in [2.75, 3.05) is 19.5 Å². The molecule has 0 unspecified atom stereocenters. The number of para-hydroxylation sites is 1. The Bertz CT molecular complexity index is 1270. The largest absolute Gasteiger partial charge is 0.493 e. The first kappa shape index (κ1) is 19.1. The van der Waals surface area contributed by atoms with Gasteiger partial charge in [-0.1, -0.05) is 23.4 Å². The van der Waals surface area contributed by atoms with Crippen LogP contribution < -0.4 is 20.3 Å². The molecule has 0 bridgehead atoms. The highest BCUT2D eigenvalue weighted by Crippen LogP contribution is 2.29. The van der Waals surface area contributed by atoms with Crippen molar-refractivity contribution in [2.24, 2.45) is 0 Å². The number of aromatic nitrogens is 5. The maximum Gasteiger partial charge on any atom is 0.284 e. The summed E-state index contributed by atoms with van der Waals surface area (Å²) in [5.41, 5.74) is 1.19. The number of benzene rings is 2. The Balaban J connectivity index is 1.56. The molecular formula is C20H18N6O4. The highest BCUT2D eigenvalue weighted by atomic mass is 16.5. The van der Waals surface area contributed by atoms with Gasteiger partial charge in [0.05, 0.1) is 19.9 Å². The summed E-state index contributed by atoms with van der Waals surface area (Å²) in [6.07, 6.45) is 1.31. The molecule has 0 aliphatic rings. The van der Waals surface area contributed by atoms with Crippen molar-refractivity contribution in [2.45, 2.75) is 6.54 Å². The number of fused-ring (bicyclic) bond motifs is 1. The van der Waals surface area contributed by atoms with E-state index in [4.69, 9.17) is 9.47 Å². The van der Waals surface area contributed by atoms with Gasteiger partial charge in [0, 0.05) is 11.8 Å². The summed E-state index contributed by atoms with van der Waals surface area (Å²) in [6.45, 7) is -0.228. The summed E-state index contributed by atoms with van der Waals surface area (Å²) >= 11 is 0. The number of anilines is 1. The minimum Gasteiger partial charge on any atom is -0.493 e. The topological polar surface area (TPSA) is 113 Å². The van der Waals surface area contributed by atoms with E-state index in [0.717, 1.165) is 5.69 Å². The number of hydrogen-bond acceptors (Lipinski definition) is 7. The minimum absolute atomic E-state index is 0.0836. The Labute approximate surface area is 170 Å².